The highest BCUT2D eigenvalue weighted by Crippen LogP contribution is 2.23. The summed E-state index contributed by atoms with van der Waals surface area (Å²) in [5, 5.41) is 10.5. The van der Waals surface area contributed by atoms with E-state index in [9.17, 15) is 14.0 Å². The van der Waals surface area contributed by atoms with Crippen LogP contribution in [-0.2, 0) is 20.9 Å². The van der Waals surface area contributed by atoms with Gasteiger partial charge in [-0.1, -0.05) is 19.1 Å². The van der Waals surface area contributed by atoms with Gasteiger partial charge in [0, 0.05) is 44.4 Å². The van der Waals surface area contributed by atoms with Crippen LogP contribution in [0.3, 0.4) is 0 Å². The van der Waals surface area contributed by atoms with E-state index in [2.05, 4.69) is 37.0 Å². The van der Waals surface area contributed by atoms with Crippen LogP contribution in [0, 0.1) is 5.82 Å². The first-order chi connectivity index (χ1) is 14.5. The molecule has 30 heavy (non-hydrogen) atoms. The summed E-state index contributed by atoms with van der Waals surface area (Å²) in [7, 11) is 1.23. The Kier molecular flexibility index (Phi) is 7.72. The average molecular weight is 434 g/mol. The van der Waals surface area contributed by atoms with Crippen molar-refractivity contribution in [1.82, 2.24) is 15.1 Å². The lowest BCUT2D eigenvalue weighted by atomic mass is 10.1. The maximum Gasteiger partial charge on any atom is 0.331 e. The Morgan fingerprint density at radius 1 is 1.30 bits per heavy atom. The van der Waals surface area contributed by atoms with Crippen molar-refractivity contribution < 1.29 is 18.7 Å². The van der Waals surface area contributed by atoms with Gasteiger partial charge in [0.1, 0.15) is 5.82 Å². The van der Waals surface area contributed by atoms with E-state index in [4.69, 9.17) is 0 Å². The SMILES string of the molecule is CCN1CCN(Cc2ccc(C=N/N=C3/NC(=O)/C(=C\C(=O)OC)S3)cc2F)CC1. The molecule has 1 N–H and O–H groups in total. The van der Waals surface area contributed by atoms with E-state index in [0.717, 1.165) is 50.6 Å². The summed E-state index contributed by atoms with van der Waals surface area (Å²) in [6, 6.07) is 4.97. The lowest BCUT2D eigenvalue weighted by molar-refractivity contribution is -0.135. The minimum atomic E-state index is -0.625. The summed E-state index contributed by atoms with van der Waals surface area (Å²) >= 11 is 0.977. The molecule has 0 saturated carbocycles. The summed E-state index contributed by atoms with van der Waals surface area (Å²) in [5.41, 5.74) is 1.22. The Morgan fingerprint density at radius 3 is 2.70 bits per heavy atom. The summed E-state index contributed by atoms with van der Waals surface area (Å²) < 4.78 is 19.0. The summed E-state index contributed by atoms with van der Waals surface area (Å²) in [6.07, 6.45) is 2.50. The lowest BCUT2D eigenvalue weighted by Crippen LogP contribution is -2.45. The molecular weight excluding hydrogens is 409 g/mol. The molecule has 1 amide bonds. The fraction of sp³-hybridized carbons (Fsp3) is 0.400. The maximum atomic E-state index is 14.5. The number of amidine groups is 1. The molecule has 160 valence electrons. The second-order valence-electron chi connectivity index (χ2n) is 6.80. The quantitative estimate of drug-likeness (QED) is 0.317. The number of benzene rings is 1. The Labute approximate surface area is 178 Å². The van der Waals surface area contributed by atoms with Crippen molar-refractivity contribution in [2.24, 2.45) is 10.2 Å². The second kappa shape index (κ2) is 10.5. The number of ether oxygens (including phenoxy) is 1. The Hall–Kier alpha value is -2.56. The minimum Gasteiger partial charge on any atom is -0.466 e. The highest BCUT2D eigenvalue weighted by Gasteiger charge is 2.25. The van der Waals surface area contributed by atoms with E-state index in [1.54, 1.807) is 12.1 Å². The van der Waals surface area contributed by atoms with Crippen molar-refractivity contribution in [2.75, 3.05) is 39.8 Å². The number of carbonyl (C=O) groups excluding carboxylic acids is 2. The fourth-order valence-corrected chi connectivity index (χ4v) is 3.80. The molecule has 2 fully saturated rings. The number of rotatable bonds is 6. The predicted octanol–water partition coefficient (Wildman–Crippen LogP) is 1.57. The van der Waals surface area contributed by atoms with Gasteiger partial charge in [-0.25, -0.2) is 9.18 Å². The van der Waals surface area contributed by atoms with Crippen LogP contribution in [-0.4, -0.2) is 72.9 Å². The van der Waals surface area contributed by atoms with Crippen LogP contribution in [0.15, 0.2) is 39.4 Å². The van der Waals surface area contributed by atoms with Crippen LogP contribution in [0.2, 0.25) is 0 Å². The van der Waals surface area contributed by atoms with Crippen molar-refractivity contribution in [3.8, 4) is 0 Å². The first-order valence-corrected chi connectivity index (χ1v) is 10.4. The summed E-state index contributed by atoms with van der Waals surface area (Å²) in [6.45, 7) is 7.67. The standard InChI is InChI=1S/C20H24FN5O3S/c1-3-25-6-8-26(9-7-25)13-15-5-4-14(10-16(15)21)12-22-24-20-23-19(28)17(30-20)11-18(27)29-2/h4-5,10-12H,3,6-9,13H2,1-2H3,(H,23,24,28)/b17-11+,22-12?. The molecule has 3 rings (SSSR count). The largest absolute Gasteiger partial charge is 0.466 e. The molecule has 2 aliphatic heterocycles. The maximum absolute atomic E-state index is 14.5. The van der Waals surface area contributed by atoms with Crippen molar-refractivity contribution in [3.63, 3.8) is 0 Å². The van der Waals surface area contributed by atoms with Gasteiger partial charge in [-0.15, -0.1) is 5.10 Å². The number of halogens is 1. The number of nitrogens with zero attached hydrogens (tertiary/aromatic N) is 4. The zero-order valence-electron chi connectivity index (χ0n) is 16.9. The van der Waals surface area contributed by atoms with E-state index < -0.39 is 11.9 Å². The van der Waals surface area contributed by atoms with E-state index in [1.807, 2.05) is 0 Å². The predicted molar refractivity (Wildman–Crippen MR) is 115 cm³/mol. The number of thioether (sulfide) groups is 1. The van der Waals surface area contributed by atoms with Gasteiger partial charge in [-0.3, -0.25) is 15.0 Å². The third kappa shape index (κ3) is 5.97. The normalized spacial score (nSPS) is 21.0. The monoisotopic (exact) mass is 433 g/mol. The van der Waals surface area contributed by atoms with E-state index >= 15 is 0 Å². The number of hydrogen-bond donors (Lipinski definition) is 1. The third-order valence-electron chi connectivity index (χ3n) is 4.84. The molecule has 0 bridgehead atoms. The molecule has 0 radical (unpaired) electrons. The van der Waals surface area contributed by atoms with Crippen molar-refractivity contribution >= 4 is 35.0 Å². The van der Waals surface area contributed by atoms with Gasteiger partial charge in [-0.2, -0.15) is 5.10 Å². The smallest absolute Gasteiger partial charge is 0.331 e. The molecule has 0 aliphatic carbocycles. The molecule has 8 nitrogen and oxygen atoms in total. The van der Waals surface area contributed by atoms with Gasteiger partial charge in [0.15, 0.2) is 5.17 Å². The molecule has 2 aliphatic rings. The van der Waals surface area contributed by atoms with Crippen LogP contribution in [0.5, 0.6) is 0 Å². The molecule has 0 unspecified atom stereocenters. The molecule has 1 aromatic carbocycles. The second-order valence-corrected chi connectivity index (χ2v) is 7.83. The van der Waals surface area contributed by atoms with Crippen LogP contribution in [0.25, 0.3) is 0 Å². The fourth-order valence-electron chi connectivity index (χ4n) is 3.07. The number of nitrogens with one attached hydrogen (secondary N) is 1. The first-order valence-electron chi connectivity index (χ1n) is 9.61. The molecule has 1 aromatic rings. The highest BCUT2D eigenvalue weighted by atomic mass is 32.2. The number of amides is 1. The number of esters is 1. The highest BCUT2D eigenvalue weighted by molar-refractivity contribution is 8.18. The number of piperazine rings is 1. The van der Waals surface area contributed by atoms with Gasteiger partial charge in [0.05, 0.1) is 18.2 Å². The minimum absolute atomic E-state index is 0.172. The van der Waals surface area contributed by atoms with Gasteiger partial charge >= 0.3 is 5.97 Å². The number of methoxy groups -OCH3 is 1. The van der Waals surface area contributed by atoms with Crippen LogP contribution < -0.4 is 5.32 Å². The molecule has 10 heteroatoms. The van der Waals surface area contributed by atoms with E-state index in [0.29, 0.717) is 17.7 Å². The molecule has 0 spiro atoms. The van der Waals surface area contributed by atoms with Gasteiger partial charge in [0.25, 0.3) is 5.91 Å². The Morgan fingerprint density at radius 2 is 2.03 bits per heavy atom. The van der Waals surface area contributed by atoms with Gasteiger partial charge in [-0.05, 0) is 29.9 Å². The number of hydrogen-bond acceptors (Lipinski definition) is 8. The molecule has 0 atom stereocenters. The third-order valence-corrected chi connectivity index (χ3v) is 5.74. The summed E-state index contributed by atoms with van der Waals surface area (Å²) in [5.74, 6) is -1.36. The van der Waals surface area contributed by atoms with E-state index in [-0.39, 0.29) is 15.9 Å². The van der Waals surface area contributed by atoms with E-state index in [1.165, 1.54) is 19.4 Å². The summed E-state index contributed by atoms with van der Waals surface area (Å²) in [4.78, 5) is 27.8. The van der Waals surface area contributed by atoms with Gasteiger partial charge < -0.3 is 9.64 Å². The number of likely N-dealkylation sites (N-methyl/N-ethyl adjacent to an activating group) is 1. The molecular formula is C20H24FN5O3S. The van der Waals surface area contributed by atoms with Gasteiger partial charge in [0.2, 0.25) is 0 Å². The topological polar surface area (TPSA) is 86.6 Å². The molecule has 2 saturated heterocycles. The first kappa shape index (κ1) is 22.1. The van der Waals surface area contributed by atoms with Crippen LogP contribution >= 0.6 is 11.8 Å². The zero-order valence-corrected chi connectivity index (χ0v) is 17.7. The average Bonchev–Trinajstić information content (AvgIpc) is 3.09. The van der Waals surface area contributed by atoms with Crippen LogP contribution in [0.4, 0.5) is 4.39 Å². The number of carbonyl (C=O) groups is 2. The van der Waals surface area contributed by atoms with Crippen molar-refractivity contribution in [1.29, 1.82) is 0 Å². The van der Waals surface area contributed by atoms with Crippen molar-refractivity contribution in [3.05, 3.63) is 46.1 Å². The van der Waals surface area contributed by atoms with Crippen molar-refractivity contribution in [2.45, 2.75) is 13.5 Å². The molecule has 2 heterocycles. The van der Waals surface area contributed by atoms with Crippen LogP contribution in [0.1, 0.15) is 18.1 Å². The lowest BCUT2D eigenvalue weighted by Gasteiger charge is -2.34. The molecule has 0 aromatic heterocycles. The Bertz CT molecular complexity index is 894. The Balaban J connectivity index is 1.57. The zero-order chi connectivity index (χ0) is 21.5.